The molecule has 1 aliphatic heterocycles. The van der Waals surface area contributed by atoms with Crippen molar-refractivity contribution >= 4 is 23.3 Å². The Labute approximate surface area is 124 Å². The third-order valence-electron chi connectivity index (χ3n) is 3.86. The number of nitrogens with zero attached hydrogens (tertiary/aromatic N) is 1. The van der Waals surface area contributed by atoms with E-state index in [9.17, 15) is 9.90 Å². The number of aliphatic hydroxyl groups is 1. The zero-order valence-corrected chi connectivity index (χ0v) is 12.7. The van der Waals surface area contributed by atoms with Gasteiger partial charge in [-0.25, -0.2) is 4.79 Å². The molecule has 2 amide bonds. The molecule has 1 fully saturated rings. The van der Waals surface area contributed by atoms with E-state index >= 15 is 0 Å². The number of piperidine rings is 1. The number of hydrogen-bond donors (Lipinski definition) is 2. The van der Waals surface area contributed by atoms with Gasteiger partial charge in [-0.3, -0.25) is 0 Å². The van der Waals surface area contributed by atoms with Gasteiger partial charge in [0.2, 0.25) is 0 Å². The summed E-state index contributed by atoms with van der Waals surface area (Å²) >= 11 is 5.91. The number of carbonyl (C=O) groups excluding carboxylic acids is 1. The smallest absolute Gasteiger partial charge is 0.321 e. The molecular formula is C15H21ClN2O2. The van der Waals surface area contributed by atoms with Crippen molar-refractivity contribution in [2.24, 2.45) is 5.92 Å². The maximum absolute atomic E-state index is 12.3. The van der Waals surface area contributed by atoms with Crippen LogP contribution in [-0.2, 0) is 0 Å². The first-order valence-electron chi connectivity index (χ1n) is 6.97. The van der Waals surface area contributed by atoms with Crippen LogP contribution in [-0.4, -0.2) is 35.2 Å². The molecule has 1 heterocycles. The molecule has 20 heavy (non-hydrogen) atoms. The molecule has 1 aromatic rings. The van der Waals surface area contributed by atoms with Gasteiger partial charge in [0.05, 0.1) is 6.10 Å². The summed E-state index contributed by atoms with van der Waals surface area (Å²) in [6, 6.07) is 5.29. The predicted molar refractivity (Wildman–Crippen MR) is 81.2 cm³/mol. The Balaban J connectivity index is 2.00. The lowest BCUT2D eigenvalue weighted by molar-refractivity contribution is 0.0766. The predicted octanol–water partition coefficient (Wildman–Crippen LogP) is 3.27. The first-order chi connectivity index (χ1) is 9.47. The normalized spacial score (nSPS) is 20.6. The minimum Gasteiger partial charge on any atom is -0.393 e. The lowest BCUT2D eigenvalue weighted by Gasteiger charge is -2.34. The fourth-order valence-corrected chi connectivity index (χ4v) is 2.78. The van der Waals surface area contributed by atoms with E-state index in [1.165, 1.54) is 0 Å². The Bertz CT molecular complexity index is 491. The van der Waals surface area contributed by atoms with Gasteiger partial charge >= 0.3 is 6.03 Å². The van der Waals surface area contributed by atoms with Crippen LogP contribution in [0.15, 0.2) is 18.2 Å². The topological polar surface area (TPSA) is 52.6 Å². The lowest BCUT2D eigenvalue weighted by Crippen LogP contribution is -2.44. The number of likely N-dealkylation sites (tertiary alicyclic amines) is 1. The second kappa shape index (κ2) is 6.46. The molecule has 0 spiro atoms. The molecule has 110 valence electrons. The maximum Gasteiger partial charge on any atom is 0.321 e. The fraction of sp³-hybridized carbons (Fsp3) is 0.533. The SMILES string of the molecule is Cc1cc(Cl)ccc1NC(=O)N1CCCC(C(C)O)C1. The van der Waals surface area contributed by atoms with Crippen LogP contribution in [0.2, 0.25) is 5.02 Å². The van der Waals surface area contributed by atoms with E-state index in [1.807, 2.05) is 19.1 Å². The Kier molecular flexibility index (Phi) is 4.89. The molecule has 0 saturated carbocycles. The molecule has 1 aromatic carbocycles. The second-order valence-electron chi connectivity index (χ2n) is 5.48. The van der Waals surface area contributed by atoms with Crippen LogP contribution in [0.4, 0.5) is 10.5 Å². The third-order valence-corrected chi connectivity index (χ3v) is 4.09. The molecule has 2 rings (SSSR count). The van der Waals surface area contributed by atoms with Gasteiger partial charge in [0.25, 0.3) is 0 Å². The molecule has 5 heteroatoms. The first-order valence-corrected chi connectivity index (χ1v) is 7.35. The van der Waals surface area contributed by atoms with Crippen molar-refractivity contribution in [3.8, 4) is 0 Å². The number of halogens is 1. The standard InChI is InChI=1S/C15H21ClN2O2/c1-10-8-13(16)5-6-14(10)17-15(20)18-7-3-4-12(9-18)11(2)19/h5-6,8,11-12,19H,3-4,7,9H2,1-2H3,(H,17,20). The highest BCUT2D eigenvalue weighted by Gasteiger charge is 2.26. The van der Waals surface area contributed by atoms with Gasteiger partial charge in [0, 0.05) is 29.7 Å². The Morgan fingerprint density at radius 3 is 2.95 bits per heavy atom. The van der Waals surface area contributed by atoms with Crippen molar-refractivity contribution in [3.05, 3.63) is 28.8 Å². The highest BCUT2D eigenvalue weighted by atomic mass is 35.5. The minimum absolute atomic E-state index is 0.110. The van der Waals surface area contributed by atoms with Crippen LogP contribution >= 0.6 is 11.6 Å². The Morgan fingerprint density at radius 2 is 2.30 bits per heavy atom. The summed E-state index contributed by atoms with van der Waals surface area (Å²) in [6.45, 7) is 5.05. The number of carbonyl (C=O) groups is 1. The van der Waals surface area contributed by atoms with Crippen molar-refractivity contribution in [3.63, 3.8) is 0 Å². The van der Waals surface area contributed by atoms with E-state index in [1.54, 1.807) is 17.9 Å². The van der Waals surface area contributed by atoms with Crippen molar-refractivity contribution < 1.29 is 9.90 Å². The van der Waals surface area contributed by atoms with Crippen LogP contribution in [0, 0.1) is 12.8 Å². The summed E-state index contributed by atoms with van der Waals surface area (Å²) in [5.74, 6) is 0.167. The molecule has 0 aromatic heterocycles. The zero-order valence-electron chi connectivity index (χ0n) is 11.9. The molecule has 0 radical (unpaired) electrons. The maximum atomic E-state index is 12.3. The number of anilines is 1. The fourth-order valence-electron chi connectivity index (χ4n) is 2.55. The van der Waals surface area contributed by atoms with Gasteiger partial charge in [0.15, 0.2) is 0 Å². The lowest BCUT2D eigenvalue weighted by atomic mass is 9.94. The van der Waals surface area contributed by atoms with Crippen molar-refractivity contribution in [2.45, 2.75) is 32.8 Å². The van der Waals surface area contributed by atoms with Crippen molar-refractivity contribution in [1.82, 2.24) is 4.90 Å². The van der Waals surface area contributed by atoms with Gasteiger partial charge in [-0.05, 0) is 50.5 Å². The van der Waals surface area contributed by atoms with Crippen LogP contribution in [0.25, 0.3) is 0 Å². The Morgan fingerprint density at radius 1 is 1.55 bits per heavy atom. The third kappa shape index (κ3) is 3.64. The summed E-state index contributed by atoms with van der Waals surface area (Å²) in [4.78, 5) is 14.0. The largest absolute Gasteiger partial charge is 0.393 e. The van der Waals surface area contributed by atoms with Crippen molar-refractivity contribution in [2.75, 3.05) is 18.4 Å². The number of hydrogen-bond acceptors (Lipinski definition) is 2. The second-order valence-corrected chi connectivity index (χ2v) is 5.91. The van der Waals surface area contributed by atoms with E-state index in [2.05, 4.69) is 5.32 Å². The van der Waals surface area contributed by atoms with Crippen LogP contribution in [0.3, 0.4) is 0 Å². The van der Waals surface area contributed by atoms with Crippen LogP contribution in [0.5, 0.6) is 0 Å². The van der Waals surface area contributed by atoms with E-state index in [0.717, 1.165) is 30.6 Å². The van der Waals surface area contributed by atoms with E-state index in [-0.39, 0.29) is 18.1 Å². The van der Waals surface area contributed by atoms with Gasteiger partial charge in [-0.1, -0.05) is 11.6 Å². The minimum atomic E-state index is -0.372. The quantitative estimate of drug-likeness (QED) is 0.880. The summed E-state index contributed by atoms with van der Waals surface area (Å²) in [7, 11) is 0. The highest BCUT2D eigenvalue weighted by Crippen LogP contribution is 2.23. The summed E-state index contributed by atoms with van der Waals surface area (Å²) in [5.41, 5.74) is 1.72. The highest BCUT2D eigenvalue weighted by molar-refractivity contribution is 6.30. The summed E-state index contributed by atoms with van der Waals surface area (Å²) in [6.07, 6.45) is 1.53. The molecule has 2 atom stereocenters. The molecular weight excluding hydrogens is 276 g/mol. The van der Waals surface area contributed by atoms with Gasteiger partial charge in [-0.15, -0.1) is 0 Å². The number of aliphatic hydroxyl groups excluding tert-OH is 1. The van der Waals surface area contributed by atoms with Gasteiger partial charge < -0.3 is 15.3 Å². The Hall–Kier alpha value is -1.26. The van der Waals surface area contributed by atoms with Gasteiger partial charge in [-0.2, -0.15) is 0 Å². The summed E-state index contributed by atoms with van der Waals surface area (Å²) in [5, 5.41) is 13.2. The zero-order chi connectivity index (χ0) is 14.7. The molecule has 4 nitrogen and oxygen atoms in total. The average molecular weight is 297 g/mol. The number of rotatable bonds is 2. The number of urea groups is 1. The number of amides is 2. The van der Waals surface area contributed by atoms with E-state index in [4.69, 9.17) is 11.6 Å². The average Bonchev–Trinajstić information content (AvgIpc) is 2.42. The monoisotopic (exact) mass is 296 g/mol. The molecule has 0 aliphatic carbocycles. The molecule has 2 N–H and O–H groups in total. The number of benzene rings is 1. The first kappa shape index (κ1) is 15.1. The van der Waals surface area contributed by atoms with Crippen LogP contribution in [0.1, 0.15) is 25.3 Å². The summed E-state index contributed by atoms with van der Waals surface area (Å²) < 4.78 is 0. The van der Waals surface area contributed by atoms with Crippen molar-refractivity contribution in [1.29, 1.82) is 0 Å². The van der Waals surface area contributed by atoms with Gasteiger partial charge in [0.1, 0.15) is 0 Å². The van der Waals surface area contributed by atoms with Crippen LogP contribution < -0.4 is 5.32 Å². The number of nitrogens with one attached hydrogen (secondary N) is 1. The number of aryl methyl sites for hydroxylation is 1. The molecule has 1 saturated heterocycles. The van der Waals surface area contributed by atoms with E-state index < -0.39 is 0 Å². The van der Waals surface area contributed by atoms with E-state index in [0.29, 0.717) is 11.6 Å². The molecule has 0 bridgehead atoms. The molecule has 1 aliphatic rings. The molecule has 2 unspecified atom stereocenters.